The molecule has 0 unspecified atom stereocenters. The topological polar surface area (TPSA) is 15.3 Å². The van der Waals surface area contributed by atoms with E-state index >= 15 is 0 Å². The SMILES string of the molecule is CC1(C)CCCN(c2cc(Br)ccc2CNC2CC2)C1. The minimum absolute atomic E-state index is 0.432. The first-order valence-corrected chi connectivity index (χ1v) is 8.60. The molecule has 1 aliphatic carbocycles. The summed E-state index contributed by atoms with van der Waals surface area (Å²) in [5, 5.41) is 3.65. The largest absolute Gasteiger partial charge is 0.371 e. The van der Waals surface area contributed by atoms with E-state index in [2.05, 4.69) is 58.2 Å². The van der Waals surface area contributed by atoms with Crippen molar-refractivity contribution in [2.24, 2.45) is 5.41 Å². The highest BCUT2D eigenvalue weighted by Crippen LogP contribution is 2.34. The molecule has 20 heavy (non-hydrogen) atoms. The number of nitrogens with zero attached hydrogens (tertiary/aromatic N) is 1. The van der Waals surface area contributed by atoms with Crippen LogP contribution in [0.5, 0.6) is 0 Å². The third-order valence-electron chi connectivity index (χ3n) is 4.45. The predicted molar refractivity (Wildman–Crippen MR) is 89.2 cm³/mol. The van der Waals surface area contributed by atoms with Crippen molar-refractivity contribution in [3.8, 4) is 0 Å². The van der Waals surface area contributed by atoms with Crippen LogP contribution in [0.3, 0.4) is 0 Å². The van der Waals surface area contributed by atoms with Crippen LogP contribution in [0.15, 0.2) is 22.7 Å². The summed E-state index contributed by atoms with van der Waals surface area (Å²) >= 11 is 3.64. The number of hydrogen-bond donors (Lipinski definition) is 1. The van der Waals surface area contributed by atoms with Crippen LogP contribution >= 0.6 is 15.9 Å². The molecule has 2 fully saturated rings. The Kier molecular flexibility index (Phi) is 4.09. The lowest BCUT2D eigenvalue weighted by Gasteiger charge is -2.40. The van der Waals surface area contributed by atoms with Crippen LogP contribution in [0.25, 0.3) is 0 Å². The molecule has 0 amide bonds. The van der Waals surface area contributed by atoms with Gasteiger partial charge in [0.1, 0.15) is 0 Å². The maximum absolute atomic E-state index is 3.65. The van der Waals surface area contributed by atoms with Gasteiger partial charge in [-0.2, -0.15) is 0 Å². The first-order chi connectivity index (χ1) is 9.53. The summed E-state index contributed by atoms with van der Waals surface area (Å²) in [7, 11) is 0. The van der Waals surface area contributed by atoms with E-state index < -0.39 is 0 Å². The second-order valence-corrected chi connectivity index (χ2v) is 8.03. The van der Waals surface area contributed by atoms with Gasteiger partial charge in [-0.15, -0.1) is 0 Å². The van der Waals surface area contributed by atoms with Crippen molar-refractivity contribution in [2.75, 3.05) is 18.0 Å². The molecule has 1 aromatic rings. The van der Waals surface area contributed by atoms with E-state index in [1.165, 1.54) is 54.5 Å². The molecule has 1 aromatic carbocycles. The molecule has 0 aromatic heterocycles. The van der Waals surface area contributed by atoms with Gasteiger partial charge in [-0.1, -0.05) is 35.8 Å². The summed E-state index contributed by atoms with van der Waals surface area (Å²) < 4.78 is 1.19. The van der Waals surface area contributed by atoms with Crippen LogP contribution in [0.4, 0.5) is 5.69 Å². The third-order valence-corrected chi connectivity index (χ3v) is 4.94. The second-order valence-electron chi connectivity index (χ2n) is 7.12. The van der Waals surface area contributed by atoms with Gasteiger partial charge < -0.3 is 10.2 Å². The van der Waals surface area contributed by atoms with Crippen molar-refractivity contribution in [3.63, 3.8) is 0 Å². The van der Waals surface area contributed by atoms with E-state index in [1.807, 2.05) is 0 Å². The van der Waals surface area contributed by atoms with E-state index in [4.69, 9.17) is 0 Å². The average molecular weight is 337 g/mol. The fraction of sp³-hybridized carbons (Fsp3) is 0.647. The van der Waals surface area contributed by atoms with E-state index in [9.17, 15) is 0 Å². The van der Waals surface area contributed by atoms with Gasteiger partial charge in [-0.3, -0.25) is 0 Å². The zero-order valence-electron chi connectivity index (χ0n) is 12.6. The molecule has 0 bridgehead atoms. The fourth-order valence-corrected chi connectivity index (χ4v) is 3.50. The van der Waals surface area contributed by atoms with Crippen molar-refractivity contribution in [1.82, 2.24) is 5.32 Å². The molecule has 110 valence electrons. The number of hydrogen-bond acceptors (Lipinski definition) is 2. The molecule has 1 saturated carbocycles. The van der Waals surface area contributed by atoms with Crippen LogP contribution in [-0.2, 0) is 6.54 Å². The molecule has 2 nitrogen and oxygen atoms in total. The maximum Gasteiger partial charge on any atom is 0.0423 e. The summed E-state index contributed by atoms with van der Waals surface area (Å²) in [5.74, 6) is 0. The van der Waals surface area contributed by atoms with E-state index in [0.29, 0.717) is 5.41 Å². The smallest absolute Gasteiger partial charge is 0.0423 e. The summed E-state index contributed by atoms with van der Waals surface area (Å²) in [6.45, 7) is 8.14. The fourth-order valence-electron chi connectivity index (χ4n) is 3.15. The van der Waals surface area contributed by atoms with Gasteiger partial charge in [0.2, 0.25) is 0 Å². The van der Waals surface area contributed by atoms with Gasteiger partial charge in [0.25, 0.3) is 0 Å². The van der Waals surface area contributed by atoms with Crippen LogP contribution < -0.4 is 10.2 Å². The van der Waals surface area contributed by atoms with Crippen LogP contribution in [0, 0.1) is 5.41 Å². The molecule has 2 aliphatic rings. The minimum Gasteiger partial charge on any atom is -0.371 e. The quantitative estimate of drug-likeness (QED) is 0.880. The number of halogens is 1. The van der Waals surface area contributed by atoms with Gasteiger partial charge in [0.05, 0.1) is 0 Å². The van der Waals surface area contributed by atoms with Crippen molar-refractivity contribution < 1.29 is 0 Å². The lowest BCUT2D eigenvalue weighted by molar-refractivity contribution is 0.293. The number of nitrogens with one attached hydrogen (secondary N) is 1. The normalized spacial score (nSPS) is 22.1. The Bertz CT molecular complexity index is 480. The van der Waals surface area contributed by atoms with Crippen molar-refractivity contribution >= 4 is 21.6 Å². The highest BCUT2D eigenvalue weighted by Gasteiger charge is 2.28. The zero-order valence-corrected chi connectivity index (χ0v) is 14.2. The second kappa shape index (κ2) is 5.69. The van der Waals surface area contributed by atoms with Crippen LogP contribution in [0.1, 0.15) is 45.1 Å². The molecule has 1 saturated heterocycles. The average Bonchev–Trinajstić information content (AvgIpc) is 3.20. The summed E-state index contributed by atoms with van der Waals surface area (Å²) in [6, 6.07) is 7.51. The monoisotopic (exact) mass is 336 g/mol. The molecular formula is C17H25BrN2. The minimum atomic E-state index is 0.432. The molecule has 0 atom stereocenters. The molecule has 3 heteroatoms. The first kappa shape index (κ1) is 14.4. The first-order valence-electron chi connectivity index (χ1n) is 7.80. The predicted octanol–water partition coefficient (Wildman–Crippen LogP) is 4.33. The standard InChI is InChI=1S/C17H25BrN2/c1-17(2)8-3-9-20(12-17)16-10-14(18)5-4-13(16)11-19-15-6-7-15/h4-5,10,15,19H,3,6-9,11-12H2,1-2H3. The lowest BCUT2D eigenvalue weighted by atomic mass is 9.84. The Morgan fingerprint density at radius 2 is 2.15 bits per heavy atom. The van der Waals surface area contributed by atoms with Crippen molar-refractivity contribution in [1.29, 1.82) is 0 Å². The molecule has 1 heterocycles. The molecule has 0 spiro atoms. The summed E-state index contributed by atoms with van der Waals surface area (Å²) in [4.78, 5) is 2.58. The lowest BCUT2D eigenvalue weighted by Crippen LogP contribution is -2.40. The third kappa shape index (κ3) is 3.56. The highest BCUT2D eigenvalue weighted by molar-refractivity contribution is 9.10. The molecule has 1 aliphatic heterocycles. The number of rotatable bonds is 4. The Hall–Kier alpha value is -0.540. The number of anilines is 1. The Balaban J connectivity index is 1.80. The van der Waals surface area contributed by atoms with Crippen molar-refractivity contribution in [2.45, 2.75) is 52.1 Å². The Morgan fingerprint density at radius 3 is 2.85 bits per heavy atom. The van der Waals surface area contributed by atoms with Gasteiger partial charge in [-0.25, -0.2) is 0 Å². The van der Waals surface area contributed by atoms with Gasteiger partial charge >= 0.3 is 0 Å². The van der Waals surface area contributed by atoms with Crippen LogP contribution in [0.2, 0.25) is 0 Å². The van der Waals surface area contributed by atoms with Crippen molar-refractivity contribution in [3.05, 3.63) is 28.2 Å². The van der Waals surface area contributed by atoms with Gasteiger partial charge in [0.15, 0.2) is 0 Å². The van der Waals surface area contributed by atoms with E-state index in [-0.39, 0.29) is 0 Å². The maximum atomic E-state index is 3.65. The number of benzene rings is 1. The van der Waals surface area contributed by atoms with E-state index in [1.54, 1.807) is 0 Å². The van der Waals surface area contributed by atoms with Crippen LogP contribution in [-0.4, -0.2) is 19.1 Å². The number of piperidine rings is 1. The summed E-state index contributed by atoms with van der Waals surface area (Å²) in [6.07, 6.45) is 5.34. The zero-order chi connectivity index (χ0) is 14.2. The van der Waals surface area contributed by atoms with Gasteiger partial charge in [0, 0.05) is 35.8 Å². The molecule has 3 rings (SSSR count). The molecular weight excluding hydrogens is 312 g/mol. The molecule has 0 radical (unpaired) electrons. The highest BCUT2D eigenvalue weighted by atomic mass is 79.9. The Morgan fingerprint density at radius 1 is 1.35 bits per heavy atom. The van der Waals surface area contributed by atoms with E-state index in [0.717, 1.165) is 12.6 Å². The molecule has 1 N–H and O–H groups in total. The summed E-state index contributed by atoms with van der Waals surface area (Å²) in [5.41, 5.74) is 3.29. The van der Waals surface area contributed by atoms with Gasteiger partial charge in [-0.05, 0) is 48.8 Å². The Labute approximate surface area is 131 Å².